The number of carbonyl (C=O) groups is 2. The lowest BCUT2D eigenvalue weighted by Gasteiger charge is -2.25. The van der Waals surface area contributed by atoms with Crippen LogP contribution in [-0.2, 0) is 32.0 Å². The van der Waals surface area contributed by atoms with Gasteiger partial charge in [-0.25, -0.2) is 37.1 Å². The molecule has 4 aromatic rings. The molecule has 326 valence electrons. The first-order valence-electron chi connectivity index (χ1n) is 19.7. The maximum absolute atomic E-state index is 15.2. The minimum atomic E-state index is -3.71. The third-order valence-electron chi connectivity index (χ3n) is 10.2. The fourth-order valence-electron chi connectivity index (χ4n) is 6.95. The molecule has 0 heterocycles. The van der Waals surface area contributed by atoms with Gasteiger partial charge in [-0.1, -0.05) is 65.8 Å². The zero-order valence-corrected chi connectivity index (χ0v) is 37.6. The number of nitrogens with one attached hydrogen (secondary N) is 2. The van der Waals surface area contributed by atoms with E-state index in [1.807, 2.05) is 66.6 Å². The molecule has 4 atom stereocenters. The molecule has 60 heavy (non-hydrogen) atoms. The SMILES string of the molecule is CC(C)c1cc(F)cc(C(C)CCC(C)c2cc(F)cc(C(C)C)c2NC(=O)N=S(N)(=O)c2cccc(CN(C)C)c2)c1NC(=O)N=S(N)(=O)c1ccc(C(C)(C)O)cc1. The Hall–Kier alpha value is -4.58. The average molecular weight is 868 g/mol. The van der Waals surface area contributed by atoms with Gasteiger partial charge in [0.2, 0.25) is 0 Å². The smallest absolute Gasteiger partial charge is 0.354 e. The van der Waals surface area contributed by atoms with E-state index in [0.717, 1.165) is 5.56 Å². The predicted molar refractivity (Wildman–Crippen MR) is 237 cm³/mol. The summed E-state index contributed by atoms with van der Waals surface area (Å²) in [5, 5.41) is 28.0. The molecule has 16 heteroatoms. The highest BCUT2D eigenvalue weighted by atomic mass is 32.2. The normalized spacial score (nSPS) is 15.0. The van der Waals surface area contributed by atoms with Crippen molar-refractivity contribution in [1.82, 2.24) is 4.90 Å². The maximum Gasteiger partial charge on any atom is 0.354 e. The van der Waals surface area contributed by atoms with Gasteiger partial charge in [0.1, 0.15) is 31.5 Å². The van der Waals surface area contributed by atoms with Crippen molar-refractivity contribution in [2.24, 2.45) is 19.0 Å². The van der Waals surface area contributed by atoms with Crippen LogP contribution in [0.4, 0.5) is 29.7 Å². The first kappa shape index (κ1) is 48.1. The van der Waals surface area contributed by atoms with E-state index >= 15 is 8.78 Å². The van der Waals surface area contributed by atoms with Crippen molar-refractivity contribution in [3.05, 3.63) is 118 Å². The molecule has 0 saturated carbocycles. The van der Waals surface area contributed by atoms with Gasteiger partial charge in [0.25, 0.3) is 0 Å². The van der Waals surface area contributed by atoms with Crippen LogP contribution in [0.5, 0.6) is 0 Å². The Labute approximate surface area is 354 Å². The fourth-order valence-corrected chi connectivity index (χ4v) is 8.86. The molecule has 7 N–H and O–H groups in total. The van der Waals surface area contributed by atoms with Crippen molar-refractivity contribution in [3.63, 3.8) is 0 Å². The number of anilines is 2. The molecule has 12 nitrogen and oxygen atoms in total. The van der Waals surface area contributed by atoms with E-state index in [1.54, 1.807) is 44.2 Å². The number of aliphatic hydroxyl groups is 1. The molecule has 0 aliphatic rings. The van der Waals surface area contributed by atoms with Crippen molar-refractivity contribution in [2.45, 2.75) is 114 Å². The molecule has 0 fully saturated rings. The van der Waals surface area contributed by atoms with E-state index in [0.29, 0.717) is 58.6 Å². The minimum absolute atomic E-state index is 0.0839. The van der Waals surface area contributed by atoms with E-state index in [-0.39, 0.29) is 33.5 Å². The number of hydrogen-bond donors (Lipinski definition) is 5. The predicted octanol–water partition coefficient (Wildman–Crippen LogP) is 10.1. The lowest BCUT2D eigenvalue weighted by Crippen LogP contribution is -2.20. The van der Waals surface area contributed by atoms with Crippen LogP contribution >= 0.6 is 0 Å². The summed E-state index contributed by atoms with van der Waals surface area (Å²) in [6, 6.07) is 16.1. The quantitative estimate of drug-likeness (QED) is 0.0837. The van der Waals surface area contributed by atoms with Gasteiger partial charge in [-0.15, -0.1) is 8.73 Å². The topological polar surface area (TPSA) is 193 Å². The summed E-state index contributed by atoms with van der Waals surface area (Å²) in [6.45, 7) is 14.9. The first-order chi connectivity index (χ1) is 27.8. The van der Waals surface area contributed by atoms with Gasteiger partial charge in [0.15, 0.2) is 0 Å². The molecule has 4 rings (SSSR count). The van der Waals surface area contributed by atoms with Crippen molar-refractivity contribution in [2.75, 3.05) is 24.7 Å². The van der Waals surface area contributed by atoms with E-state index in [9.17, 15) is 23.1 Å². The Morgan fingerprint density at radius 3 is 1.52 bits per heavy atom. The molecule has 0 spiro atoms. The maximum atomic E-state index is 15.2. The highest BCUT2D eigenvalue weighted by Crippen LogP contribution is 2.40. The van der Waals surface area contributed by atoms with E-state index in [1.165, 1.54) is 36.4 Å². The van der Waals surface area contributed by atoms with Crippen LogP contribution in [0.3, 0.4) is 0 Å². The Morgan fingerprint density at radius 1 is 0.700 bits per heavy atom. The minimum Gasteiger partial charge on any atom is -0.386 e. The molecule has 4 unspecified atom stereocenters. The summed E-state index contributed by atoms with van der Waals surface area (Å²) >= 11 is 0. The Balaban J connectivity index is 1.64. The lowest BCUT2D eigenvalue weighted by atomic mass is 9.84. The van der Waals surface area contributed by atoms with E-state index < -0.39 is 49.1 Å². The number of benzene rings is 4. The van der Waals surface area contributed by atoms with Crippen LogP contribution in [0.15, 0.2) is 91.3 Å². The third kappa shape index (κ3) is 12.5. The molecule has 0 bridgehead atoms. The molecular weight excluding hydrogens is 809 g/mol. The van der Waals surface area contributed by atoms with Gasteiger partial charge in [0, 0.05) is 17.9 Å². The molecule has 0 aromatic heterocycles. The second-order valence-electron chi connectivity index (χ2n) is 16.8. The van der Waals surface area contributed by atoms with Gasteiger partial charge >= 0.3 is 12.1 Å². The Kier molecular flexibility index (Phi) is 15.6. The monoisotopic (exact) mass is 867 g/mol. The number of hydrogen-bond acceptors (Lipinski definition) is 6. The summed E-state index contributed by atoms with van der Waals surface area (Å²) in [4.78, 5) is 29.1. The van der Waals surface area contributed by atoms with Gasteiger partial charge in [-0.2, -0.15) is 0 Å². The average Bonchev–Trinajstić information content (AvgIpc) is 3.13. The molecule has 4 amide bonds. The number of rotatable bonds is 14. The third-order valence-corrected chi connectivity index (χ3v) is 13.0. The highest BCUT2D eigenvalue weighted by Gasteiger charge is 2.25. The lowest BCUT2D eigenvalue weighted by molar-refractivity contribution is 0.0785. The molecule has 4 aromatic carbocycles. The van der Waals surface area contributed by atoms with Crippen molar-refractivity contribution in [1.29, 1.82) is 0 Å². The summed E-state index contributed by atoms with van der Waals surface area (Å²) in [7, 11) is -3.57. The zero-order valence-electron chi connectivity index (χ0n) is 36.0. The first-order valence-corrected chi connectivity index (χ1v) is 22.9. The van der Waals surface area contributed by atoms with Crippen molar-refractivity contribution in [3.8, 4) is 0 Å². The van der Waals surface area contributed by atoms with Crippen LogP contribution in [0.25, 0.3) is 0 Å². The summed E-state index contributed by atoms with van der Waals surface area (Å²) in [6.07, 6.45) is 0.853. The van der Waals surface area contributed by atoms with Gasteiger partial charge in [-0.3, -0.25) is 0 Å². The molecular formula is C44H59F2N7O5S2. The number of carbonyl (C=O) groups excluding carboxylic acids is 2. The van der Waals surface area contributed by atoms with Crippen LogP contribution < -0.4 is 20.9 Å². The number of halogens is 2. The summed E-state index contributed by atoms with van der Waals surface area (Å²) < 4.78 is 65.2. The van der Waals surface area contributed by atoms with Crippen LogP contribution in [0.2, 0.25) is 0 Å². The summed E-state index contributed by atoms with van der Waals surface area (Å²) in [5.74, 6) is -2.21. The second kappa shape index (κ2) is 19.4. The molecule has 0 radical (unpaired) electrons. The number of nitrogens with two attached hydrogens (primary N) is 2. The number of amides is 4. The zero-order chi connectivity index (χ0) is 44.9. The standard InChI is InChI=1S/C44H59F2N7O5S2/c1-26(2)36-21-32(45)23-38(40(36)49-42(54)51-59(47,57)34-18-16-31(17-19-34)44(7,8)56)28(5)14-15-29(6)39-24-33(46)22-37(27(3)4)41(39)50-43(55)52-60(48,58)35-13-11-12-30(20-35)25-53(9)10/h11-13,16-24,26-29,56H,14-15,25H2,1-10H3,(H3,47,49,51,54,57)(H3,48,50,52,55,58). The van der Waals surface area contributed by atoms with Gasteiger partial charge in [0.05, 0.1) is 15.4 Å². The Morgan fingerprint density at radius 2 is 1.12 bits per heavy atom. The van der Waals surface area contributed by atoms with Crippen molar-refractivity contribution < 1.29 is 31.9 Å². The van der Waals surface area contributed by atoms with Crippen LogP contribution in [0, 0.1) is 11.6 Å². The van der Waals surface area contributed by atoms with E-state index in [2.05, 4.69) is 19.4 Å². The van der Waals surface area contributed by atoms with E-state index in [4.69, 9.17) is 10.3 Å². The number of urea groups is 2. The summed E-state index contributed by atoms with van der Waals surface area (Å²) in [5.41, 5.74) is 2.84. The largest absolute Gasteiger partial charge is 0.386 e. The fraction of sp³-hybridized carbons (Fsp3) is 0.409. The highest BCUT2D eigenvalue weighted by molar-refractivity contribution is 7.92. The van der Waals surface area contributed by atoms with Gasteiger partial charge < -0.3 is 20.6 Å². The number of nitrogens with zero attached hydrogens (tertiary/aromatic N) is 3. The van der Waals surface area contributed by atoms with Crippen LogP contribution in [0.1, 0.15) is 125 Å². The molecule has 0 aliphatic carbocycles. The van der Waals surface area contributed by atoms with Gasteiger partial charge in [-0.05, 0) is 146 Å². The molecule has 0 aliphatic heterocycles. The van der Waals surface area contributed by atoms with Crippen molar-refractivity contribution >= 4 is 43.3 Å². The van der Waals surface area contributed by atoms with Crippen LogP contribution in [-0.4, -0.2) is 44.6 Å². The molecule has 0 saturated heterocycles. The Bertz CT molecular complexity index is 2470. The second-order valence-corrected chi connectivity index (χ2v) is 20.3.